The molecule has 0 bridgehead atoms. The molecule has 0 saturated heterocycles. The van der Waals surface area contributed by atoms with Gasteiger partial charge >= 0.3 is 0 Å². The molecule has 0 unspecified atom stereocenters. The Morgan fingerprint density at radius 3 is 1.55 bits per heavy atom. The van der Waals surface area contributed by atoms with Crippen LogP contribution in [0.25, 0.3) is 0 Å². The zero-order chi connectivity index (χ0) is 7.72. The summed E-state index contributed by atoms with van der Waals surface area (Å²) in [5, 5.41) is 18.1. The Hall–Kier alpha value is -0.583. The van der Waals surface area contributed by atoms with Crippen molar-refractivity contribution >= 4 is 18.9 Å². The van der Waals surface area contributed by atoms with Crippen LogP contribution in [-0.2, 0) is 0 Å². The molecule has 0 aliphatic heterocycles. The van der Waals surface area contributed by atoms with Gasteiger partial charge in [-0.1, -0.05) is 0 Å². The van der Waals surface area contributed by atoms with Crippen molar-refractivity contribution in [3.63, 3.8) is 0 Å². The molecule has 0 amide bonds. The Labute approximate surface area is 78.0 Å². The van der Waals surface area contributed by atoms with Crippen molar-refractivity contribution in [2.45, 2.75) is 13.8 Å². The van der Waals surface area contributed by atoms with Gasteiger partial charge in [-0.05, 0) is 31.0 Å². The largest absolute Gasteiger partial charge is 0.508 e. The van der Waals surface area contributed by atoms with Crippen LogP contribution >= 0.6 is 0 Å². The molecule has 1 aromatic carbocycles. The van der Waals surface area contributed by atoms with Crippen LogP contribution in [0.1, 0.15) is 11.1 Å². The number of benzene rings is 1. The number of phenolic OH excluding ortho intramolecular Hbond substituents is 2. The van der Waals surface area contributed by atoms with Gasteiger partial charge in [0.1, 0.15) is 11.5 Å². The van der Waals surface area contributed by atoms with E-state index >= 15 is 0 Å². The van der Waals surface area contributed by atoms with E-state index in [2.05, 4.69) is 0 Å². The van der Waals surface area contributed by atoms with E-state index in [0.29, 0.717) is 0 Å². The third-order valence-electron chi connectivity index (χ3n) is 1.51. The van der Waals surface area contributed by atoms with Crippen molar-refractivity contribution in [1.29, 1.82) is 0 Å². The second-order valence-corrected chi connectivity index (χ2v) is 2.43. The summed E-state index contributed by atoms with van der Waals surface area (Å²) in [6.45, 7) is 3.59. The van der Waals surface area contributed by atoms with E-state index < -0.39 is 0 Å². The van der Waals surface area contributed by atoms with Gasteiger partial charge in [0, 0.05) is 24.9 Å². The monoisotopic (exact) mass is 145 g/mol. The van der Waals surface area contributed by atoms with Gasteiger partial charge in [0.15, 0.2) is 0 Å². The maximum Gasteiger partial charge on any atom is 0.122 e. The van der Waals surface area contributed by atoms with Crippen LogP contribution in [-0.4, -0.2) is 29.1 Å². The number of hydrogen-bond donors (Lipinski definition) is 2. The van der Waals surface area contributed by atoms with Crippen LogP contribution in [0, 0.1) is 13.8 Å². The molecule has 1 aromatic rings. The molecule has 1 radical (unpaired) electrons. The van der Waals surface area contributed by atoms with E-state index in [-0.39, 0.29) is 30.4 Å². The first-order valence-corrected chi connectivity index (χ1v) is 3.10. The predicted octanol–water partition coefficient (Wildman–Crippen LogP) is 1.33. The standard InChI is InChI=1S/C8H10O2.Li/c1-5-3-6(2)8(10)4-7(5)9;/h3-4,9-10H,1-2H3;. The summed E-state index contributed by atoms with van der Waals surface area (Å²) < 4.78 is 0. The first-order valence-electron chi connectivity index (χ1n) is 3.10. The zero-order valence-electron chi connectivity index (χ0n) is 7.05. The van der Waals surface area contributed by atoms with Crippen LogP contribution in [0.4, 0.5) is 0 Å². The number of rotatable bonds is 0. The second-order valence-electron chi connectivity index (χ2n) is 2.43. The summed E-state index contributed by atoms with van der Waals surface area (Å²) in [4.78, 5) is 0. The Balaban J connectivity index is 0.000001000. The summed E-state index contributed by atoms with van der Waals surface area (Å²) in [5.74, 6) is 0.284. The van der Waals surface area contributed by atoms with Crippen molar-refractivity contribution in [2.24, 2.45) is 0 Å². The van der Waals surface area contributed by atoms with Gasteiger partial charge in [0.2, 0.25) is 0 Å². The minimum atomic E-state index is 0. The van der Waals surface area contributed by atoms with Crippen molar-refractivity contribution in [2.75, 3.05) is 0 Å². The molecule has 55 valence electrons. The molecular weight excluding hydrogens is 135 g/mol. The van der Waals surface area contributed by atoms with Crippen molar-refractivity contribution in [3.8, 4) is 11.5 Å². The zero-order valence-corrected chi connectivity index (χ0v) is 7.05. The van der Waals surface area contributed by atoms with Gasteiger partial charge in [-0.25, -0.2) is 0 Å². The van der Waals surface area contributed by atoms with E-state index in [1.807, 2.05) is 0 Å². The summed E-state index contributed by atoms with van der Waals surface area (Å²) in [6.07, 6.45) is 0. The van der Waals surface area contributed by atoms with E-state index in [1.54, 1.807) is 19.9 Å². The van der Waals surface area contributed by atoms with E-state index in [0.717, 1.165) is 11.1 Å². The van der Waals surface area contributed by atoms with Gasteiger partial charge in [-0.2, -0.15) is 0 Å². The molecule has 0 aliphatic carbocycles. The number of aromatic hydroxyl groups is 2. The molecule has 0 heterocycles. The van der Waals surface area contributed by atoms with Gasteiger partial charge in [-0.3, -0.25) is 0 Å². The van der Waals surface area contributed by atoms with Crippen LogP contribution < -0.4 is 0 Å². The molecular formula is C8H10LiO2. The topological polar surface area (TPSA) is 40.5 Å². The van der Waals surface area contributed by atoms with Crippen LogP contribution in [0.3, 0.4) is 0 Å². The molecule has 0 fully saturated rings. The van der Waals surface area contributed by atoms with Crippen LogP contribution in [0.15, 0.2) is 12.1 Å². The van der Waals surface area contributed by atoms with Crippen LogP contribution in [0.5, 0.6) is 11.5 Å². The van der Waals surface area contributed by atoms with Gasteiger partial charge in [0.25, 0.3) is 0 Å². The van der Waals surface area contributed by atoms with E-state index in [9.17, 15) is 0 Å². The molecule has 11 heavy (non-hydrogen) atoms. The quantitative estimate of drug-likeness (QED) is 0.540. The first-order chi connectivity index (χ1) is 4.61. The molecule has 0 spiro atoms. The molecule has 3 heteroatoms. The predicted molar refractivity (Wildman–Crippen MR) is 45.0 cm³/mol. The molecule has 2 nitrogen and oxygen atoms in total. The minimum Gasteiger partial charge on any atom is -0.508 e. The average Bonchev–Trinajstić information content (AvgIpc) is 1.84. The normalized spacial score (nSPS) is 8.91. The fourth-order valence-electron chi connectivity index (χ4n) is 0.830. The molecule has 0 saturated carbocycles. The number of hydrogen-bond acceptors (Lipinski definition) is 2. The third kappa shape index (κ3) is 2.18. The maximum absolute atomic E-state index is 9.06. The minimum absolute atomic E-state index is 0. The second kappa shape index (κ2) is 3.71. The molecule has 0 aromatic heterocycles. The van der Waals surface area contributed by atoms with Crippen molar-refractivity contribution in [3.05, 3.63) is 23.3 Å². The Bertz CT molecular complexity index is 208. The molecule has 0 atom stereocenters. The van der Waals surface area contributed by atoms with Crippen LogP contribution in [0.2, 0.25) is 0 Å². The summed E-state index contributed by atoms with van der Waals surface area (Å²) in [6, 6.07) is 3.09. The number of aryl methyl sites for hydroxylation is 2. The fourth-order valence-corrected chi connectivity index (χ4v) is 0.830. The Kier molecular flexibility index (Phi) is 3.51. The summed E-state index contributed by atoms with van der Waals surface area (Å²) in [7, 11) is 0. The molecule has 0 aliphatic rings. The Morgan fingerprint density at radius 1 is 0.909 bits per heavy atom. The summed E-state index contributed by atoms with van der Waals surface area (Å²) >= 11 is 0. The van der Waals surface area contributed by atoms with Gasteiger partial charge < -0.3 is 10.2 Å². The number of phenols is 2. The van der Waals surface area contributed by atoms with E-state index in [1.165, 1.54) is 6.07 Å². The summed E-state index contributed by atoms with van der Waals surface area (Å²) in [5.41, 5.74) is 1.57. The van der Waals surface area contributed by atoms with Crippen molar-refractivity contribution in [1.82, 2.24) is 0 Å². The maximum atomic E-state index is 9.06. The van der Waals surface area contributed by atoms with Gasteiger partial charge in [0.05, 0.1) is 0 Å². The molecule has 2 N–H and O–H groups in total. The smallest absolute Gasteiger partial charge is 0.122 e. The average molecular weight is 145 g/mol. The Morgan fingerprint density at radius 2 is 1.27 bits per heavy atom. The first kappa shape index (κ1) is 10.4. The fraction of sp³-hybridized carbons (Fsp3) is 0.250. The SMILES string of the molecule is Cc1cc(C)c(O)cc1O.[Li]. The van der Waals surface area contributed by atoms with Gasteiger partial charge in [-0.15, -0.1) is 0 Å². The van der Waals surface area contributed by atoms with E-state index in [4.69, 9.17) is 10.2 Å². The van der Waals surface area contributed by atoms with Crippen molar-refractivity contribution < 1.29 is 10.2 Å². The third-order valence-corrected chi connectivity index (χ3v) is 1.51. The molecule has 1 rings (SSSR count).